The smallest absolute Gasteiger partial charge is 0.375 e. The molecule has 0 aromatic heterocycles. The van der Waals surface area contributed by atoms with Crippen LogP contribution in [0.2, 0.25) is 10.0 Å². The molecular weight excluding hydrogens is 484 g/mol. The van der Waals surface area contributed by atoms with E-state index in [9.17, 15) is 19.5 Å². The largest absolute Gasteiger partial charge is 0.480 e. The maximum absolute atomic E-state index is 13.4. The monoisotopic (exact) mass is 503 g/mol. The van der Waals surface area contributed by atoms with E-state index in [0.717, 1.165) is 0 Å². The second-order valence-electron chi connectivity index (χ2n) is 7.81. The van der Waals surface area contributed by atoms with Crippen LogP contribution in [0, 0.1) is 15.5 Å². The highest BCUT2D eigenvalue weighted by atomic mass is 35.5. The second-order valence-corrected chi connectivity index (χ2v) is 10.7. The summed E-state index contributed by atoms with van der Waals surface area (Å²) in [4.78, 5) is 22.9. The molecule has 0 radical (unpaired) electrons. The topological polar surface area (TPSA) is 114 Å². The van der Waals surface area contributed by atoms with Crippen LogP contribution in [0.3, 0.4) is 0 Å². The van der Waals surface area contributed by atoms with Crippen molar-refractivity contribution in [1.29, 1.82) is 0 Å². The van der Waals surface area contributed by atoms with E-state index in [1.165, 1.54) is 42.5 Å². The van der Waals surface area contributed by atoms with Crippen LogP contribution < -0.4 is 4.74 Å². The molecule has 12 heteroatoms. The van der Waals surface area contributed by atoms with Crippen molar-refractivity contribution in [3.63, 3.8) is 0 Å². The first kappa shape index (κ1) is 24.5. The van der Waals surface area contributed by atoms with Crippen LogP contribution in [0.15, 0.2) is 42.5 Å². The van der Waals surface area contributed by atoms with Gasteiger partial charge in [0.1, 0.15) is 5.75 Å². The Hall–Kier alpha value is -2.16. The number of hydrogen-bond acceptors (Lipinski definition) is 8. The Morgan fingerprint density at radius 1 is 1.19 bits per heavy atom. The maximum Gasteiger partial charge on any atom is 0.375 e. The number of carbonyl (C=O) groups is 1. The minimum atomic E-state index is -3.94. The molecule has 2 aromatic carbocycles. The number of non-ortho nitro benzene ring substituents is 1. The summed E-state index contributed by atoms with van der Waals surface area (Å²) in [5, 5.41) is 11.5. The molecule has 0 aliphatic carbocycles. The summed E-state index contributed by atoms with van der Waals surface area (Å²) in [6, 6.07) is 9.56. The minimum absolute atomic E-state index is 0.113. The first-order chi connectivity index (χ1) is 15.0. The van der Waals surface area contributed by atoms with Gasteiger partial charge in [0.15, 0.2) is 6.61 Å². The molecule has 1 unspecified atom stereocenters. The molecule has 1 aliphatic rings. The van der Waals surface area contributed by atoms with E-state index in [0.29, 0.717) is 5.02 Å². The van der Waals surface area contributed by atoms with E-state index < -0.39 is 30.9 Å². The van der Waals surface area contributed by atoms with Gasteiger partial charge in [-0.3, -0.25) is 14.7 Å². The number of esters is 1. The number of ether oxygens (including phenoxy) is 2. The van der Waals surface area contributed by atoms with Crippen LogP contribution >= 0.6 is 30.8 Å². The summed E-state index contributed by atoms with van der Waals surface area (Å²) in [6.07, 6.45) is 0. The van der Waals surface area contributed by atoms with Crippen molar-refractivity contribution in [2.24, 2.45) is 5.41 Å². The molecule has 1 aliphatic heterocycles. The number of benzene rings is 2. The standard InChI is InChI=1S/C20H20Cl2NO8P/c1-20(2)11-29-32(27,30-12-20)19(13-3-6-15(7-4-13)23(25)26)31-18(24)10-28-17-8-5-14(21)9-16(17)22/h3-9,19H,10-12H2,1-2H3. The molecule has 0 amide bonds. The Kier molecular flexibility index (Phi) is 7.47. The number of rotatable bonds is 7. The molecule has 172 valence electrons. The van der Waals surface area contributed by atoms with Gasteiger partial charge in [0.2, 0.25) is 5.85 Å². The van der Waals surface area contributed by atoms with E-state index in [1.807, 2.05) is 13.8 Å². The first-order valence-corrected chi connectivity index (χ1v) is 11.8. The van der Waals surface area contributed by atoms with Gasteiger partial charge in [-0.15, -0.1) is 0 Å². The zero-order valence-electron chi connectivity index (χ0n) is 17.2. The van der Waals surface area contributed by atoms with Gasteiger partial charge in [0.05, 0.1) is 23.2 Å². The van der Waals surface area contributed by atoms with Crippen molar-refractivity contribution >= 4 is 42.5 Å². The van der Waals surface area contributed by atoms with Crippen molar-refractivity contribution < 1.29 is 32.8 Å². The molecular formula is C20H20Cl2NO8P. The van der Waals surface area contributed by atoms with Crippen molar-refractivity contribution in [3.05, 3.63) is 68.2 Å². The van der Waals surface area contributed by atoms with E-state index >= 15 is 0 Å². The zero-order valence-corrected chi connectivity index (χ0v) is 19.6. The van der Waals surface area contributed by atoms with Gasteiger partial charge >= 0.3 is 13.6 Å². The summed E-state index contributed by atoms with van der Waals surface area (Å²) in [6.45, 7) is 3.42. The molecule has 32 heavy (non-hydrogen) atoms. The Morgan fingerprint density at radius 2 is 1.81 bits per heavy atom. The SMILES string of the molecule is CC1(C)COP(=O)(C(OC(=O)COc2ccc(Cl)cc2Cl)c2ccc([N+](=O)[O-])cc2)OC1. The number of carbonyl (C=O) groups excluding carboxylic acids is 1. The van der Waals surface area contributed by atoms with Crippen LogP contribution in [0.5, 0.6) is 5.75 Å². The van der Waals surface area contributed by atoms with Crippen LogP contribution in [0.25, 0.3) is 0 Å². The normalized spacial score (nSPS) is 17.9. The van der Waals surface area contributed by atoms with E-state index in [4.69, 9.17) is 41.7 Å². The summed E-state index contributed by atoms with van der Waals surface area (Å²) in [7, 11) is -3.94. The quantitative estimate of drug-likeness (QED) is 0.202. The van der Waals surface area contributed by atoms with E-state index in [1.54, 1.807) is 0 Å². The lowest BCUT2D eigenvalue weighted by atomic mass is 9.97. The van der Waals surface area contributed by atoms with Gasteiger partial charge in [-0.2, -0.15) is 0 Å². The third kappa shape index (κ3) is 5.99. The summed E-state index contributed by atoms with van der Waals surface area (Å²) >= 11 is 11.9. The molecule has 0 spiro atoms. The molecule has 1 saturated heterocycles. The molecule has 1 atom stereocenters. The van der Waals surface area contributed by atoms with Gasteiger partial charge in [0, 0.05) is 28.1 Å². The lowest BCUT2D eigenvalue weighted by molar-refractivity contribution is -0.384. The average Bonchev–Trinajstić information content (AvgIpc) is 2.74. The Morgan fingerprint density at radius 3 is 2.38 bits per heavy atom. The molecule has 1 fully saturated rings. The number of hydrogen-bond donors (Lipinski definition) is 0. The van der Waals surface area contributed by atoms with Gasteiger partial charge < -0.3 is 18.5 Å². The first-order valence-electron chi connectivity index (χ1n) is 9.40. The Bertz CT molecular complexity index is 1050. The summed E-state index contributed by atoms with van der Waals surface area (Å²) < 4.78 is 35.2. The third-order valence-corrected chi connectivity index (χ3v) is 6.92. The zero-order chi connectivity index (χ0) is 23.5. The Balaban J connectivity index is 1.79. The van der Waals surface area contributed by atoms with Crippen molar-refractivity contribution in [2.75, 3.05) is 19.8 Å². The summed E-state index contributed by atoms with van der Waals surface area (Å²) in [5.74, 6) is -2.10. The predicted octanol–water partition coefficient (Wildman–Crippen LogP) is 5.79. The van der Waals surface area contributed by atoms with Crippen LogP contribution in [-0.4, -0.2) is 30.7 Å². The molecule has 0 bridgehead atoms. The van der Waals surface area contributed by atoms with Gasteiger partial charge in [-0.05, 0) is 30.3 Å². The number of halogens is 2. The van der Waals surface area contributed by atoms with Crippen LogP contribution in [0.4, 0.5) is 5.69 Å². The average molecular weight is 504 g/mol. The lowest BCUT2D eigenvalue weighted by Crippen LogP contribution is -2.31. The fourth-order valence-electron chi connectivity index (χ4n) is 2.71. The van der Waals surface area contributed by atoms with Gasteiger partial charge in [0.25, 0.3) is 5.69 Å². The molecule has 1 heterocycles. The molecule has 2 aromatic rings. The van der Waals surface area contributed by atoms with E-state index in [2.05, 4.69) is 0 Å². The third-order valence-electron chi connectivity index (χ3n) is 4.43. The highest BCUT2D eigenvalue weighted by molar-refractivity contribution is 7.54. The number of nitro benzene ring substituents is 1. The summed E-state index contributed by atoms with van der Waals surface area (Å²) in [5.41, 5.74) is -0.340. The molecule has 0 N–H and O–H groups in total. The Labute approximate surface area is 194 Å². The van der Waals surface area contributed by atoms with Gasteiger partial charge in [-0.1, -0.05) is 37.0 Å². The fraction of sp³-hybridized carbons (Fsp3) is 0.350. The molecule has 9 nitrogen and oxygen atoms in total. The molecule has 0 saturated carbocycles. The van der Waals surface area contributed by atoms with Crippen molar-refractivity contribution in [1.82, 2.24) is 0 Å². The lowest BCUT2D eigenvalue weighted by Gasteiger charge is -2.36. The second kappa shape index (κ2) is 9.77. The van der Waals surface area contributed by atoms with Gasteiger partial charge in [-0.25, -0.2) is 4.79 Å². The van der Waals surface area contributed by atoms with Crippen LogP contribution in [0.1, 0.15) is 25.3 Å². The number of nitro groups is 1. The highest BCUT2D eigenvalue weighted by Gasteiger charge is 2.46. The van der Waals surface area contributed by atoms with Crippen LogP contribution in [-0.2, 0) is 23.1 Å². The molecule has 3 rings (SSSR count). The number of nitrogens with zero attached hydrogens (tertiary/aromatic N) is 1. The maximum atomic E-state index is 13.4. The fourth-order valence-corrected chi connectivity index (χ4v) is 5.36. The van der Waals surface area contributed by atoms with Crippen molar-refractivity contribution in [2.45, 2.75) is 19.7 Å². The van der Waals surface area contributed by atoms with E-state index in [-0.39, 0.29) is 40.7 Å². The minimum Gasteiger partial charge on any atom is -0.480 e. The predicted molar refractivity (Wildman–Crippen MR) is 117 cm³/mol. The highest BCUT2D eigenvalue weighted by Crippen LogP contribution is 2.64. The van der Waals surface area contributed by atoms with Crippen molar-refractivity contribution in [3.8, 4) is 5.75 Å².